The fourth-order valence-electron chi connectivity index (χ4n) is 3.21. The van der Waals surface area contributed by atoms with E-state index in [1.807, 2.05) is 12.1 Å². The van der Waals surface area contributed by atoms with Crippen LogP contribution in [-0.4, -0.2) is 24.5 Å². The van der Waals surface area contributed by atoms with Gasteiger partial charge in [0.1, 0.15) is 0 Å². The molecular formula is C17H28N2. The first-order valence-electron chi connectivity index (χ1n) is 7.59. The maximum atomic E-state index is 5.78. The van der Waals surface area contributed by atoms with Crippen molar-refractivity contribution < 1.29 is 0 Å². The minimum Gasteiger partial charge on any atom is -0.399 e. The number of rotatable bonds is 4. The Hall–Kier alpha value is -1.02. The predicted molar refractivity (Wildman–Crippen MR) is 83.3 cm³/mol. The molecule has 1 aromatic carbocycles. The van der Waals surface area contributed by atoms with Crippen molar-refractivity contribution in [1.29, 1.82) is 0 Å². The van der Waals surface area contributed by atoms with Crippen LogP contribution in [0.4, 0.5) is 5.69 Å². The van der Waals surface area contributed by atoms with Crippen LogP contribution in [0.25, 0.3) is 0 Å². The van der Waals surface area contributed by atoms with Gasteiger partial charge in [-0.1, -0.05) is 39.3 Å². The van der Waals surface area contributed by atoms with Crippen LogP contribution in [0.1, 0.15) is 45.6 Å². The molecule has 1 unspecified atom stereocenters. The molecule has 0 radical (unpaired) electrons. The summed E-state index contributed by atoms with van der Waals surface area (Å²) in [6.07, 6.45) is 4.09. The van der Waals surface area contributed by atoms with Gasteiger partial charge < -0.3 is 10.6 Å². The van der Waals surface area contributed by atoms with E-state index < -0.39 is 0 Å². The number of piperidine rings is 1. The van der Waals surface area contributed by atoms with Crippen molar-refractivity contribution in [2.45, 2.75) is 45.4 Å². The van der Waals surface area contributed by atoms with E-state index in [4.69, 9.17) is 5.73 Å². The Balaban J connectivity index is 2.02. The lowest BCUT2D eigenvalue weighted by Crippen LogP contribution is -2.42. The molecule has 0 aromatic heterocycles. The zero-order chi connectivity index (χ0) is 13.9. The second-order valence-electron chi connectivity index (χ2n) is 6.66. The van der Waals surface area contributed by atoms with Crippen molar-refractivity contribution >= 4 is 5.69 Å². The molecule has 1 atom stereocenters. The Morgan fingerprint density at radius 1 is 1.26 bits per heavy atom. The van der Waals surface area contributed by atoms with Crippen molar-refractivity contribution in [3.05, 3.63) is 29.8 Å². The van der Waals surface area contributed by atoms with Crippen molar-refractivity contribution in [2.24, 2.45) is 5.92 Å². The molecule has 106 valence electrons. The average molecular weight is 260 g/mol. The molecule has 2 N–H and O–H groups in total. The minimum absolute atomic E-state index is 0.198. The molecule has 2 nitrogen and oxygen atoms in total. The van der Waals surface area contributed by atoms with Gasteiger partial charge in [-0.2, -0.15) is 0 Å². The van der Waals surface area contributed by atoms with Crippen molar-refractivity contribution in [3.8, 4) is 0 Å². The molecule has 2 rings (SSSR count). The summed E-state index contributed by atoms with van der Waals surface area (Å²) in [5.74, 6) is 0.899. The van der Waals surface area contributed by atoms with E-state index in [0.29, 0.717) is 0 Å². The lowest BCUT2D eigenvalue weighted by atomic mass is 9.83. The molecule has 2 heteroatoms. The van der Waals surface area contributed by atoms with Crippen LogP contribution < -0.4 is 5.73 Å². The molecule has 19 heavy (non-hydrogen) atoms. The lowest BCUT2D eigenvalue weighted by molar-refractivity contribution is 0.145. The van der Waals surface area contributed by atoms with Crippen LogP contribution in [0.15, 0.2) is 24.3 Å². The normalized spacial score (nSPS) is 21.5. The third-order valence-corrected chi connectivity index (χ3v) is 4.49. The Bertz CT molecular complexity index is 394. The number of hydrogen-bond donors (Lipinski definition) is 1. The summed E-state index contributed by atoms with van der Waals surface area (Å²) >= 11 is 0. The van der Waals surface area contributed by atoms with E-state index in [1.165, 1.54) is 37.9 Å². The van der Waals surface area contributed by atoms with Crippen LogP contribution >= 0.6 is 0 Å². The quantitative estimate of drug-likeness (QED) is 0.837. The van der Waals surface area contributed by atoms with E-state index in [2.05, 4.69) is 37.8 Å². The summed E-state index contributed by atoms with van der Waals surface area (Å²) in [5, 5.41) is 0. The predicted octanol–water partition coefficient (Wildman–Crippen LogP) is 3.67. The molecule has 0 spiro atoms. The summed E-state index contributed by atoms with van der Waals surface area (Å²) in [5.41, 5.74) is 8.22. The Morgan fingerprint density at radius 2 is 1.95 bits per heavy atom. The molecule has 0 bridgehead atoms. The van der Waals surface area contributed by atoms with E-state index in [9.17, 15) is 0 Å². The van der Waals surface area contributed by atoms with Crippen molar-refractivity contribution in [3.63, 3.8) is 0 Å². The molecule has 0 amide bonds. The first-order valence-corrected chi connectivity index (χ1v) is 7.59. The highest BCUT2D eigenvalue weighted by molar-refractivity contribution is 5.41. The molecular weight excluding hydrogens is 232 g/mol. The first kappa shape index (κ1) is 14.4. The van der Waals surface area contributed by atoms with E-state index in [1.54, 1.807) is 0 Å². The van der Waals surface area contributed by atoms with Gasteiger partial charge in [0.15, 0.2) is 0 Å². The second-order valence-corrected chi connectivity index (χ2v) is 6.66. The van der Waals surface area contributed by atoms with Gasteiger partial charge in [0.25, 0.3) is 0 Å². The first-order chi connectivity index (χ1) is 9.01. The van der Waals surface area contributed by atoms with Gasteiger partial charge in [-0.3, -0.25) is 0 Å². The van der Waals surface area contributed by atoms with Gasteiger partial charge in [-0.15, -0.1) is 0 Å². The maximum Gasteiger partial charge on any atom is 0.0314 e. The maximum absolute atomic E-state index is 5.78. The SMILES string of the molecule is CCC1CCCN(CC(C)(C)c2ccc(N)cc2)C1. The molecule has 1 fully saturated rings. The number of hydrogen-bond acceptors (Lipinski definition) is 2. The molecule has 1 aliphatic rings. The monoisotopic (exact) mass is 260 g/mol. The van der Waals surface area contributed by atoms with Crippen molar-refractivity contribution in [1.82, 2.24) is 4.90 Å². The van der Waals surface area contributed by atoms with E-state index in [-0.39, 0.29) is 5.41 Å². The fraction of sp³-hybridized carbons (Fsp3) is 0.647. The zero-order valence-electron chi connectivity index (χ0n) is 12.7. The Morgan fingerprint density at radius 3 is 2.58 bits per heavy atom. The van der Waals surface area contributed by atoms with Gasteiger partial charge in [0, 0.05) is 24.2 Å². The van der Waals surface area contributed by atoms with Crippen LogP contribution in [0.2, 0.25) is 0 Å². The molecule has 1 saturated heterocycles. The van der Waals surface area contributed by atoms with E-state index in [0.717, 1.165) is 18.2 Å². The molecule has 1 aliphatic heterocycles. The summed E-state index contributed by atoms with van der Waals surface area (Å²) in [6, 6.07) is 8.39. The summed E-state index contributed by atoms with van der Waals surface area (Å²) in [7, 11) is 0. The van der Waals surface area contributed by atoms with E-state index >= 15 is 0 Å². The number of nitrogens with two attached hydrogens (primary N) is 1. The highest BCUT2D eigenvalue weighted by Crippen LogP contribution is 2.28. The second kappa shape index (κ2) is 5.96. The van der Waals surface area contributed by atoms with Gasteiger partial charge in [-0.25, -0.2) is 0 Å². The summed E-state index contributed by atoms with van der Waals surface area (Å²) in [4.78, 5) is 2.65. The molecule has 1 heterocycles. The highest BCUT2D eigenvalue weighted by Gasteiger charge is 2.27. The van der Waals surface area contributed by atoms with Gasteiger partial charge >= 0.3 is 0 Å². The molecule has 0 aliphatic carbocycles. The average Bonchev–Trinajstić information content (AvgIpc) is 2.39. The number of nitrogens with zero attached hydrogens (tertiary/aromatic N) is 1. The highest BCUT2D eigenvalue weighted by atomic mass is 15.1. The number of nitrogen functional groups attached to an aromatic ring is 1. The summed E-state index contributed by atoms with van der Waals surface area (Å²) < 4.78 is 0. The van der Waals surface area contributed by atoms with Gasteiger partial charge in [-0.05, 0) is 43.0 Å². The number of benzene rings is 1. The topological polar surface area (TPSA) is 29.3 Å². The third-order valence-electron chi connectivity index (χ3n) is 4.49. The third kappa shape index (κ3) is 3.73. The lowest BCUT2D eigenvalue weighted by Gasteiger charge is -2.38. The van der Waals surface area contributed by atoms with Crippen molar-refractivity contribution in [2.75, 3.05) is 25.4 Å². The van der Waals surface area contributed by atoms with Crippen LogP contribution in [0.3, 0.4) is 0 Å². The number of anilines is 1. The Kier molecular flexibility index (Phi) is 4.51. The molecule has 1 aromatic rings. The van der Waals surface area contributed by atoms with Crippen LogP contribution in [0.5, 0.6) is 0 Å². The minimum atomic E-state index is 0.198. The van der Waals surface area contributed by atoms with Crippen LogP contribution in [-0.2, 0) is 5.41 Å². The Labute approximate surface area is 118 Å². The summed E-state index contributed by atoms with van der Waals surface area (Å²) in [6.45, 7) is 10.7. The van der Waals surface area contributed by atoms with Gasteiger partial charge in [0.05, 0.1) is 0 Å². The number of likely N-dealkylation sites (tertiary alicyclic amines) is 1. The molecule has 0 saturated carbocycles. The fourth-order valence-corrected chi connectivity index (χ4v) is 3.21. The largest absolute Gasteiger partial charge is 0.399 e. The zero-order valence-corrected chi connectivity index (χ0v) is 12.7. The smallest absolute Gasteiger partial charge is 0.0314 e. The van der Waals surface area contributed by atoms with Crippen LogP contribution in [0, 0.1) is 5.92 Å². The standard InChI is InChI=1S/C17H28N2/c1-4-14-6-5-11-19(12-14)13-17(2,3)15-7-9-16(18)10-8-15/h7-10,14H,4-6,11-13,18H2,1-3H3. The van der Waals surface area contributed by atoms with Gasteiger partial charge in [0.2, 0.25) is 0 Å².